The molecule has 0 bridgehead atoms. The predicted molar refractivity (Wildman–Crippen MR) is 100 cm³/mol. The number of hydrogen-bond acceptors (Lipinski definition) is 3. The van der Waals surface area contributed by atoms with Gasteiger partial charge in [0.25, 0.3) is 0 Å². The number of likely N-dealkylation sites (N-methyl/N-ethyl adjacent to an activating group) is 2. The summed E-state index contributed by atoms with van der Waals surface area (Å²) in [4.78, 5) is 25.6. The zero-order valence-corrected chi connectivity index (χ0v) is 15.0. The van der Waals surface area contributed by atoms with Crippen molar-refractivity contribution in [2.45, 2.75) is 25.9 Å². The maximum Gasteiger partial charge on any atom is 0.244 e. The molecule has 1 unspecified atom stereocenters. The second kappa shape index (κ2) is 8.87. The summed E-state index contributed by atoms with van der Waals surface area (Å²) in [5.74, 6) is 0.00471. The van der Waals surface area contributed by atoms with Crippen LogP contribution in [0, 0.1) is 0 Å². The largest absolute Gasteiger partial charge is 0.374 e. The first-order chi connectivity index (χ1) is 12.0. The SMILES string of the molecule is CNC(=O)Cc1ccc(NC(C)C(=O)N(C)Cc2ccccc2)cc1. The zero-order valence-electron chi connectivity index (χ0n) is 15.0. The second-order valence-corrected chi connectivity index (χ2v) is 6.09. The lowest BCUT2D eigenvalue weighted by Crippen LogP contribution is -2.38. The van der Waals surface area contributed by atoms with Crippen molar-refractivity contribution in [1.29, 1.82) is 0 Å². The lowest BCUT2D eigenvalue weighted by Gasteiger charge is -2.23. The Morgan fingerprint density at radius 3 is 2.24 bits per heavy atom. The number of hydrogen-bond donors (Lipinski definition) is 2. The number of benzene rings is 2. The summed E-state index contributed by atoms with van der Waals surface area (Å²) >= 11 is 0. The van der Waals surface area contributed by atoms with Crippen LogP contribution in [0.4, 0.5) is 5.69 Å². The Hall–Kier alpha value is -2.82. The van der Waals surface area contributed by atoms with Crippen LogP contribution in [0.15, 0.2) is 54.6 Å². The summed E-state index contributed by atoms with van der Waals surface area (Å²) in [5.41, 5.74) is 2.89. The van der Waals surface area contributed by atoms with Gasteiger partial charge < -0.3 is 15.5 Å². The van der Waals surface area contributed by atoms with Crippen molar-refractivity contribution in [3.63, 3.8) is 0 Å². The van der Waals surface area contributed by atoms with Crippen molar-refractivity contribution in [3.05, 3.63) is 65.7 Å². The molecule has 2 aromatic carbocycles. The van der Waals surface area contributed by atoms with E-state index >= 15 is 0 Å². The fraction of sp³-hybridized carbons (Fsp3) is 0.300. The summed E-state index contributed by atoms with van der Waals surface area (Å²) in [6.07, 6.45) is 0.352. The van der Waals surface area contributed by atoms with Crippen molar-refractivity contribution in [2.75, 3.05) is 19.4 Å². The third kappa shape index (κ3) is 5.64. The van der Waals surface area contributed by atoms with Crippen molar-refractivity contribution >= 4 is 17.5 Å². The molecule has 0 aliphatic heterocycles. The van der Waals surface area contributed by atoms with Crippen LogP contribution >= 0.6 is 0 Å². The molecular weight excluding hydrogens is 314 g/mol. The summed E-state index contributed by atoms with van der Waals surface area (Å²) < 4.78 is 0. The molecule has 0 radical (unpaired) electrons. The van der Waals surface area contributed by atoms with Gasteiger partial charge in [-0.05, 0) is 30.2 Å². The van der Waals surface area contributed by atoms with Gasteiger partial charge in [0.1, 0.15) is 6.04 Å². The lowest BCUT2D eigenvalue weighted by atomic mass is 10.1. The van der Waals surface area contributed by atoms with E-state index in [0.29, 0.717) is 13.0 Å². The topological polar surface area (TPSA) is 61.4 Å². The van der Waals surface area contributed by atoms with Crippen molar-refractivity contribution in [1.82, 2.24) is 10.2 Å². The Kier molecular flexibility index (Phi) is 6.57. The third-order valence-electron chi connectivity index (χ3n) is 3.99. The molecule has 5 heteroatoms. The van der Waals surface area contributed by atoms with E-state index in [0.717, 1.165) is 16.8 Å². The number of nitrogens with one attached hydrogen (secondary N) is 2. The quantitative estimate of drug-likeness (QED) is 0.814. The molecular formula is C20H25N3O2. The van der Waals surface area contributed by atoms with Crippen LogP contribution in [-0.4, -0.2) is 36.9 Å². The summed E-state index contributed by atoms with van der Waals surface area (Å²) in [6.45, 7) is 2.43. The molecule has 0 aliphatic rings. The third-order valence-corrected chi connectivity index (χ3v) is 3.99. The minimum absolute atomic E-state index is 0.0215. The van der Waals surface area contributed by atoms with Crippen LogP contribution in [0.3, 0.4) is 0 Å². The molecule has 2 aromatic rings. The number of rotatable bonds is 7. The Balaban J connectivity index is 1.90. The monoisotopic (exact) mass is 339 g/mol. The Bertz CT molecular complexity index is 699. The van der Waals surface area contributed by atoms with Gasteiger partial charge in [0, 0.05) is 26.3 Å². The highest BCUT2D eigenvalue weighted by molar-refractivity contribution is 5.84. The van der Waals surface area contributed by atoms with Crippen LogP contribution in [0.2, 0.25) is 0 Å². The van der Waals surface area contributed by atoms with Gasteiger partial charge in [-0.15, -0.1) is 0 Å². The first kappa shape index (κ1) is 18.5. The van der Waals surface area contributed by atoms with Gasteiger partial charge in [-0.2, -0.15) is 0 Å². The number of nitrogens with zero attached hydrogens (tertiary/aromatic N) is 1. The number of amides is 2. The molecule has 2 N–H and O–H groups in total. The van der Waals surface area contributed by atoms with E-state index < -0.39 is 0 Å². The highest BCUT2D eigenvalue weighted by Crippen LogP contribution is 2.13. The molecule has 0 spiro atoms. The zero-order chi connectivity index (χ0) is 18.2. The van der Waals surface area contributed by atoms with Crippen LogP contribution in [0.1, 0.15) is 18.1 Å². The molecule has 132 valence electrons. The van der Waals surface area contributed by atoms with E-state index in [-0.39, 0.29) is 17.9 Å². The van der Waals surface area contributed by atoms with Gasteiger partial charge in [0.05, 0.1) is 6.42 Å². The smallest absolute Gasteiger partial charge is 0.244 e. The van der Waals surface area contributed by atoms with Crippen LogP contribution in [-0.2, 0) is 22.6 Å². The highest BCUT2D eigenvalue weighted by Gasteiger charge is 2.17. The van der Waals surface area contributed by atoms with Gasteiger partial charge in [0.15, 0.2) is 0 Å². The van der Waals surface area contributed by atoms with E-state index in [2.05, 4.69) is 10.6 Å². The van der Waals surface area contributed by atoms with E-state index in [1.807, 2.05) is 61.5 Å². The maximum atomic E-state index is 12.5. The lowest BCUT2D eigenvalue weighted by molar-refractivity contribution is -0.130. The van der Waals surface area contributed by atoms with E-state index in [1.54, 1.807) is 19.0 Å². The number of carbonyl (C=O) groups is 2. The molecule has 2 amide bonds. The average Bonchev–Trinajstić information content (AvgIpc) is 2.63. The Labute approximate surface area is 149 Å². The van der Waals surface area contributed by atoms with Crippen LogP contribution in [0.25, 0.3) is 0 Å². The van der Waals surface area contributed by atoms with E-state index in [9.17, 15) is 9.59 Å². The molecule has 0 aliphatic carbocycles. The van der Waals surface area contributed by atoms with Gasteiger partial charge >= 0.3 is 0 Å². The van der Waals surface area contributed by atoms with Crippen molar-refractivity contribution in [3.8, 4) is 0 Å². The van der Waals surface area contributed by atoms with Crippen LogP contribution in [0.5, 0.6) is 0 Å². The first-order valence-corrected chi connectivity index (χ1v) is 8.34. The predicted octanol–water partition coefficient (Wildman–Crippen LogP) is 2.43. The summed E-state index contributed by atoms with van der Waals surface area (Å²) in [6, 6.07) is 17.1. The van der Waals surface area contributed by atoms with Gasteiger partial charge in [-0.25, -0.2) is 0 Å². The molecule has 5 nitrogen and oxygen atoms in total. The fourth-order valence-corrected chi connectivity index (χ4v) is 2.57. The summed E-state index contributed by atoms with van der Waals surface area (Å²) in [5, 5.41) is 5.81. The standard InChI is InChI=1S/C20H25N3O2/c1-15(20(25)23(3)14-17-7-5-4-6-8-17)22-18-11-9-16(10-12-18)13-19(24)21-2/h4-12,15,22H,13-14H2,1-3H3,(H,21,24). The number of carbonyl (C=O) groups excluding carboxylic acids is 2. The minimum Gasteiger partial charge on any atom is -0.374 e. The van der Waals surface area contributed by atoms with Gasteiger partial charge in [-0.1, -0.05) is 42.5 Å². The van der Waals surface area contributed by atoms with Crippen molar-refractivity contribution < 1.29 is 9.59 Å². The molecule has 0 saturated heterocycles. The van der Waals surface area contributed by atoms with Crippen molar-refractivity contribution in [2.24, 2.45) is 0 Å². The molecule has 0 saturated carbocycles. The normalized spacial score (nSPS) is 11.5. The average molecular weight is 339 g/mol. The van der Waals surface area contributed by atoms with E-state index in [4.69, 9.17) is 0 Å². The Morgan fingerprint density at radius 2 is 1.64 bits per heavy atom. The maximum absolute atomic E-state index is 12.5. The molecule has 0 fully saturated rings. The van der Waals surface area contributed by atoms with Crippen LogP contribution < -0.4 is 10.6 Å². The highest BCUT2D eigenvalue weighted by atomic mass is 16.2. The fourth-order valence-electron chi connectivity index (χ4n) is 2.57. The van der Waals surface area contributed by atoms with E-state index in [1.165, 1.54) is 0 Å². The molecule has 0 aromatic heterocycles. The molecule has 25 heavy (non-hydrogen) atoms. The van der Waals surface area contributed by atoms with Gasteiger partial charge in [0.2, 0.25) is 11.8 Å². The number of anilines is 1. The minimum atomic E-state index is -0.335. The molecule has 1 atom stereocenters. The molecule has 2 rings (SSSR count). The second-order valence-electron chi connectivity index (χ2n) is 6.09. The molecule has 0 heterocycles. The summed E-state index contributed by atoms with van der Waals surface area (Å²) in [7, 11) is 3.43. The Morgan fingerprint density at radius 1 is 1.00 bits per heavy atom. The first-order valence-electron chi connectivity index (χ1n) is 8.34. The van der Waals surface area contributed by atoms with Gasteiger partial charge in [-0.3, -0.25) is 9.59 Å².